The predicted octanol–water partition coefficient (Wildman–Crippen LogP) is 5.14. The van der Waals surface area contributed by atoms with Crippen LogP contribution in [0.1, 0.15) is 55.6 Å². The molecule has 182 valence electrons. The third kappa shape index (κ3) is 4.84. The molecule has 4 aromatic rings. The lowest BCUT2D eigenvalue weighted by atomic mass is 9.88. The van der Waals surface area contributed by atoms with Crippen LogP contribution >= 0.6 is 11.3 Å². The van der Waals surface area contributed by atoms with E-state index in [1.54, 1.807) is 35.9 Å². The molecule has 5 heterocycles. The third-order valence-electron chi connectivity index (χ3n) is 6.61. The van der Waals surface area contributed by atoms with Gasteiger partial charge in [-0.15, -0.1) is 11.3 Å². The maximum Gasteiger partial charge on any atom is 0.254 e. The van der Waals surface area contributed by atoms with Gasteiger partial charge in [-0.2, -0.15) is 10.1 Å². The number of fused-ring (bicyclic) bond motifs is 1. The number of rotatable bonds is 7. The van der Waals surface area contributed by atoms with Gasteiger partial charge in [-0.1, -0.05) is 13.8 Å². The van der Waals surface area contributed by atoms with Gasteiger partial charge < -0.3 is 15.5 Å². The van der Waals surface area contributed by atoms with Gasteiger partial charge in [0.1, 0.15) is 10.6 Å². The van der Waals surface area contributed by atoms with Crippen LogP contribution in [-0.4, -0.2) is 54.1 Å². The van der Waals surface area contributed by atoms with Crippen LogP contribution in [0, 0.1) is 6.92 Å². The van der Waals surface area contributed by atoms with Crippen molar-refractivity contribution in [1.29, 1.82) is 0 Å². The number of carbonyl (C=O) groups excluding carboxylic acids is 1. The number of aromatic amines is 1. The quantitative estimate of drug-likeness (QED) is 0.329. The number of aromatic nitrogens is 5. The summed E-state index contributed by atoms with van der Waals surface area (Å²) in [4.78, 5) is 30.0. The minimum absolute atomic E-state index is 0.0848. The molecule has 2 atom stereocenters. The van der Waals surface area contributed by atoms with Crippen molar-refractivity contribution in [3.05, 3.63) is 53.3 Å². The molecule has 1 saturated heterocycles. The van der Waals surface area contributed by atoms with Gasteiger partial charge >= 0.3 is 0 Å². The molecule has 0 aromatic carbocycles. The number of pyridine rings is 1. The Balaban J connectivity index is 1.37. The number of H-pyrrole nitrogens is 1. The van der Waals surface area contributed by atoms with E-state index in [9.17, 15) is 4.79 Å². The fourth-order valence-corrected chi connectivity index (χ4v) is 5.66. The van der Waals surface area contributed by atoms with Crippen molar-refractivity contribution in [2.24, 2.45) is 0 Å². The summed E-state index contributed by atoms with van der Waals surface area (Å²) in [6, 6.07) is 8.01. The van der Waals surface area contributed by atoms with E-state index in [0.717, 1.165) is 53.2 Å². The van der Waals surface area contributed by atoms with Crippen molar-refractivity contribution in [2.75, 3.05) is 10.6 Å². The molecule has 3 N–H and O–H groups in total. The van der Waals surface area contributed by atoms with Crippen LogP contribution in [0.3, 0.4) is 0 Å². The maximum atomic E-state index is 13.4. The fourth-order valence-electron chi connectivity index (χ4n) is 4.90. The van der Waals surface area contributed by atoms with Gasteiger partial charge in [-0.25, -0.2) is 4.98 Å². The zero-order chi connectivity index (χ0) is 24.4. The van der Waals surface area contributed by atoms with E-state index in [1.807, 2.05) is 24.4 Å². The van der Waals surface area contributed by atoms with E-state index in [0.29, 0.717) is 11.5 Å². The van der Waals surface area contributed by atoms with Crippen molar-refractivity contribution in [3.8, 4) is 0 Å². The van der Waals surface area contributed by atoms with Crippen molar-refractivity contribution < 1.29 is 4.79 Å². The van der Waals surface area contributed by atoms with Crippen LogP contribution in [0.5, 0.6) is 0 Å². The Morgan fingerprint density at radius 3 is 2.54 bits per heavy atom. The summed E-state index contributed by atoms with van der Waals surface area (Å²) in [6.45, 7) is 6.26. The minimum Gasteiger partial charge on any atom is -0.351 e. The molecule has 0 saturated carbocycles. The first-order valence-corrected chi connectivity index (χ1v) is 13.0. The molecule has 1 amide bonds. The number of nitrogens with zero attached hydrogens (tertiary/aromatic N) is 5. The van der Waals surface area contributed by atoms with Crippen molar-refractivity contribution in [3.63, 3.8) is 0 Å². The summed E-state index contributed by atoms with van der Waals surface area (Å²) in [5, 5.41) is 17.1. The first kappa shape index (κ1) is 23.2. The molecule has 0 spiro atoms. The van der Waals surface area contributed by atoms with Gasteiger partial charge in [-0.05, 0) is 56.2 Å². The number of thiophene rings is 1. The molecular weight excluding hydrogens is 460 g/mol. The standard InChI is InChI=1S/C25H30N8OS/c1-4-18-13-17(14-19(5-2)33(18)24(34)16-6-9-26-10-7-16)27-25-29-22(20-8-11-35-23(20)30-25)28-21-12-15(3)31-32-21/h6-12,17-19H,4-5,13-14H2,1-3H3,(H3,27,28,29,30,31,32). The van der Waals surface area contributed by atoms with Crippen LogP contribution in [0.25, 0.3) is 10.2 Å². The lowest BCUT2D eigenvalue weighted by molar-refractivity contribution is 0.0412. The second kappa shape index (κ2) is 9.99. The van der Waals surface area contributed by atoms with Gasteiger partial charge in [0.2, 0.25) is 5.95 Å². The molecule has 9 nitrogen and oxygen atoms in total. The maximum absolute atomic E-state index is 13.4. The average Bonchev–Trinajstić information content (AvgIpc) is 3.52. The molecule has 35 heavy (non-hydrogen) atoms. The summed E-state index contributed by atoms with van der Waals surface area (Å²) in [7, 11) is 0. The summed E-state index contributed by atoms with van der Waals surface area (Å²) in [6.07, 6.45) is 6.83. The van der Waals surface area contributed by atoms with Gasteiger partial charge in [0, 0.05) is 47.8 Å². The molecule has 0 radical (unpaired) electrons. The van der Waals surface area contributed by atoms with Gasteiger partial charge in [-0.3, -0.25) is 14.9 Å². The summed E-state index contributed by atoms with van der Waals surface area (Å²) >= 11 is 1.59. The summed E-state index contributed by atoms with van der Waals surface area (Å²) in [5.74, 6) is 2.13. The van der Waals surface area contributed by atoms with E-state index in [1.165, 1.54) is 0 Å². The largest absolute Gasteiger partial charge is 0.351 e. The predicted molar refractivity (Wildman–Crippen MR) is 139 cm³/mol. The molecule has 1 fully saturated rings. The molecular formula is C25H30N8OS. The number of nitrogens with one attached hydrogen (secondary N) is 3. The van der Waals surface area contributed by atoms with E-state index in [4.69, 9.17) is 9.97 Å². The molecule has 0 aliphatic carbocycles. The van der Waals surface area contributed by atoms with Gasteiger partial charge in [0.05, 0.1) is 5.39 Å². The van der Waals surface area contributed by atoms with Gasteiger partial charge in [0.15, 0.2) is 5.82 Å². The number of hydrogen-bond donors (Lipinski definition) is 3. The average molecular weight is 491 g/mol. The monoisotopic (exact) mass is 490 g/mol. The Kier molecular flexibility index (Phi) is 6.63. The highest BCUT2D eigenvalue weighted by Crippen LogP contribution is 2.32. The number of piperidine rings is 1. The Bertz CT molecular complexity index is 1290. The number of carbonyl (C=O) groups is 1. The molecule has 0 bridgehead atoms. The van der Waals surface area contributed by atoms with Crippen molar-refractivity contribution in [1.82, 2.24) is 30.0 Å². The first-order valence-electron chi connectivity index (χ1n) is 12.1. The lowest BCUT2D eigenvalue weighted by Crippen LogP contribution is -2.54. The normalized spacial score (nSPS) is 20.2. The number of amides is 1. The van der Waals surface area contributed by atoms with E-state index in [-0.39, 0.29) is 24.0 Å². The smallest absolute Gasteiger partial charge is 0.254 e. The first-order chi connectivity index (χ1) is 17.1. The van der Waals surface area contributed by atoms with Crippen LogP contribution in [0.4, 0.5) is 17.6 Å². The lowest BCUT2D eigenvalue weighted by Gasteiger charge is -2.45. The number of aryl methyl sites for hydroxylation is 1. The highest BCUT2D eigenvalue weighted by molar-refractivity contribution is 7.16. The highest BCUT2D eigenvalue weighted by Gasteiger charge is 2.37. The zero-order valence-corrected chi connectivity index (χ0v) is 21.0. The Labute approximate surface area is 208 Å². The van der Waals surface area contributed by atoms with E-state index >= 15 is 0 Å². The second-order valence-electron chi connectivity index (χ2n) is 8.98. The van der Waals surface area contributed by atoms with Crippen LogP contribution < -0.4 is 10.6 Å². The number of anilines is 3. The molecule has 1 aliphatic heterocycles. The molecule has 5 rings (SSSR count). The van der Waals surface area contributed by atoms with Crippen molar-refractivity contribution >= 4 is 45.0 Å². The Morgan fingerprint density at radius 1 is 1.14 bits per heavy atom. The van der Waals surface area contributed by atoms with Gasteiger partial charge in [0.25, 0.3) is 5.91 Å². The molecule has 1 aliphatic rings. The molecule has 10 heteroatoms. The Morgan fingerprint density at radius 2 is 1.89 bits per heavy atom. The summed E-state index contributed by atoms with van der Waals surface area (Å²) < 4.78 is 0. The summed E-state index contributed by atoms with van der Waals surface area (Å²) in [5.41, 5.74) is 1.67. The second-order valence-corrected chi connectivity index (χ2v) is 9.88. The zero-order valence-electron chi connectivity index (χ0n) is 20.2. The number of hydrogen-bond acceptors (Lipinski definition) is 8. The Hall–Kier alpha value is -3.53. The fraction of sp³-hybridized carbons (Fsp3) is 0.400. The highest BCUT2D eigenvalue weighted by atomic mass is 32.1. The topological polar surface area (TPSA) is 112 Å². The van der Waals surface area contributed by atoms with Crippen LogP contribution in [-0.2, 0) is 0 Å². The van der Waals surface area contributed by atoms with Crippen LogP contribution in [0.2, 0.25) is 0 Å². The SMILES string of the molecule is CCC1CC(Nc2nc(Nc3cc(C)[nH]n3)c3ccsc3n2)CC(CC)N1C(=O)c1ccncc1. The van der Waals surface area contributed by atoms with E-state index < -0.39 is 0 Å². The van der Waals surface area contributed by atoms with Crippen LogP contribution in [0.15, 0.2) is 42.0 Å². The third-order valence-corrected chi connectivity index (χ3v) is 7.42. The molecule has 4 aromatic heterocycles. The van der Waals surface area contributed by atoms with Crippen molar-refractivity contribution in [2.45, 2.75) is 64.6 Å². The number of likely N-dealkylation sites (tertiary alicyclic amines) is 1. The minimum atomic E-state index is 0.0848. The van der Waals surface area contributed by atoms with E-state index in [2.05, 4.69) is 44.6 Å². The molecule has 2 unspecified atom stereocenters.